The van der Waals surface area contributed by atoms with Gasteiger partial charge in [-0.15, -0.1) is 0 Å². The quantitative estimate of drug-likeness (QED) is 0.443. The molecule has 0 saturated carbocycles. The lowest BCUT2D eigenvalue weighted by Gasteiger charge is -2.09. The maximum Gasteiger partial charge on any atom is 0.416 e. The number of rotatable bonds is 5. The molecule has 27 heavy (non-hydrogen) atoms. The second-order valence-electron chi connectivity index (χ2n) is 5.29. The maximum absolute atomic E-state index is 12.5. The molecule has 0 saturated heterocycles. The minimum absolute atomic E-state index is 0.215. The van der Waals surface area contributed by atoms with Gasteiger partial charge in [-0.1, -0.05) is 12.1 Å². The predicted molar refractivity (Wildman–Crippen MR) is 85.0 cm³/mol. The van der Waals surface area contributed by atoms with Gasteiger partial charge < -0.3 is 9.47 Å². The first-order chi connectivity index (χ1) is 12.6. The van der Waals surface area contributed by atoms with Crippen molar-refractivity contribution in [1.29, 1.82) is 0 Å². The van der Waals surface area contributed by atoms with Crippen molar-refractivity contribution in [2.45, 2.75) is 12.8 Å². The fourth-order valence-electron chi connectivity index (χ4n) is 2.09. The second-order valence-corrected chi connectivity index (χ2v) is 5.29. The molecule has 0 spiro atoms. The van der Waals surface area contributed by atoms with Crippen molar-refractivity contribution in [3.63, 3.8) is 0 Å². The number of nitro benzene ring substituents is 1. The Bertz CT molecular complexity index is 877. The minimum Gasteiger partial charge on any atom is -0.465 e. The number of ether oxygens (including phenoxy) is 2. The summed E-state index contributed by atoms with van der Waals surface area (Å²) in [5, 5.41) is 10.9. The lowest BCUT2D eigenvalue weighted by molar-refractivity contribution is -0.384. The molecule has 10 heteroatoms. The number of halogens is 3. The fourth-order valence-corrected chi connectivity index (χ4v) is 2.09. The number of benzene rings is 2. The molecule has 0 fully saturated rings. The lowest BCUT2D eigenvalue weighted by Crippen LogP contribution is -2.10. The maximum atomic E-state index is 12.5. The van der Waals surface area contributed by atoms with Gasteiger partial charge in [0.2, 0.25) is 0 Å². The predicted octanol–water partition coefficient (Wildman–Crippen LogP) is 3.76. The van der Waals surface area contributed by atoms with E-state index in [0.717, 1.165) is 49.6 Å². The van der Waals surface area contributed by atoms with E-state index in [2.05, 4.69) is 4.74 Å². The number of hydrogen-bond donors (Lipinski definition) is 0. The molecule has 0 aliphatic rings. The summed E-state index contributed by atoms with van der Waals surface area (Å²) >= 11 is 0. The van der Waals surface area contributed by atoms with Gasteiger partial charge in [-0.2, -0.15) is 13.2 Å². The average molecular weight is 383 g/mol. The summed E-state index contributed by atoms with van der Waals surface area (Å²) in [5.41, 5.74) is -1.56. The summed E-state index contributed by atoms with van der Waals surface area (Å²) in [6.45, 7) is -0.354. The van der Waals surface area contributed by atoms with Gasteiger partial charge in [-0.25, -0.2) is 9.59 Å². The largest absolute Gasteiger partial charge is 0.465 e. The van der Waals surface area contributed by atoms with Crippen LogP contribution in [-0.4, -0.2) is 24.0 Å². The highest BCUT2D eigenvalue weighted by Crippen LogP contribution is 2.29. The molecule has 0 N–H and O–H groups in total. The number of nitrogens with zero attached hydrogens (tertiary/aromatic N) is 1. The van der Waals surface area contributed by atoms with Crippen molar-refractivity contribution >= 4 is 17.6 Å². The van der Waals surface area contributed by atoms with Crippen LogP contribution in [0.15, 0.2) is 42.5 Å². The van der Waals surface area contributed by atoms with Gasteiger partial charge in [0, 0.05) is 12.1 Å². The van der Waals surface area contributed by atoms with Crippen LogP contribution in [0.2, 0.25) is 0 Å². The molecule has 142 valence electrons. The van der Waals surface area contributed by atoms with E-state index in [1.165, 1.54) is 0 Å². The average Bonchev–Trinajstić information content (AvgIpc) is 2.64. The van der Waals surface area contributed by atoms with Crippen LogP contribution in [-0.2, 0) is 22.3 Å². The van der Waals surface area contributed by atoms with Crippen LogP contribution in [0, 0.1) is 10.1 Å². The number of carbonyl (C=O) groups is 2. The van der Waals surface area contributed by atoms with Gasteiger partial charge in [0.25, 0.3) is 5.69 Å². The van der Waals surface area contributed by atoms with Crippen LogP contribution in [0.3, 0.4) is 0 Å². The molecule has 0 aromatic heterocycles. The summed E-state index contributed by atoms with van der Waals surface area (Å²) in [7, 11) is 1.07. The fraction of sp³-hybridized carbons (Fsp3) is 0.176. The molecule has 0 heterocycles. The standard InChI is InChI=1S/C17H12F3NO6/c1-26-15(22)11-6-12(8-14(7-11)21(24)25)16(23)27-9-10-2-4-13(5-3-10)17(18,19)20/h2-8H,9H2,1H3. The van der Waals surface area contributed by atoms with Gasteiger partial charge in [0.15, 0.2) is 0 Å². The number of methoxy groups -OCH3 is 1. The molecule has 7 nitrogen and oxygen atoms in total. The topological polar surface area (TPSA) is 95.7 Å². The Morgan fingerprint density at radius 3 is 2.07 bits per heavy atom. The van der Waals surface area contributed by atoms with Crippen LogP contribution < -0.4 is 0 Å². The van der Waals surface area contributed by atoms with Gasteiger partial charge in [0.1, 0.15) is 6.61 Å². The number of carbonyl (C=O) groups excluding carboxylic acids is 2. The SMILES string of the molecule is COC(=O)c1cc(C(=O)OCc2ccc(C(F)(F)F)cc2)cc([N+](=O)[O-])c1. The first-order valence-corrected chi connectivity index (χ1v) is 7.33. The third-order valence-electron chi connectivity index (χ3n) is 3.44. The minimum atomic E-state index is -4.48. The summed E-state index contributed by atoms with van der Waals surface area (Å²) in [5.74, 6) is -1.86. The zero-order valence-corrected chi connectivity index (χ0v) is 13.8. The number of esters is 2. The van der Waals surface area contributed by atoms with E-state index >= 15 is 0 Å². The first kappa shape index (κ1) is 19.9. The van der Waals surface area contributed by atoms with Gasteiger partial charge >= 0.3 is 18.1 Å². The summed E-state index contributed by atoms with van der Waals surface area (Å²) in [6.07, 6.45) is -4.48. The Balaban J connectivity index is 2.16. The van der Waals surface area contributed by atoms with E-state index in [1.54, 1.807) is 0 Å². The van der Waals surface area contributed by atoms with Crippen molar-refractivity contribution in [1.82, 2.24) is 0 Å². The molecule has 0 bridgehead atoms. The van der Waals surface area contributed by atoms with E-state index in [-0.39, 0.29) is 23.3 Å². The van der Waals surface area contributed by atoms with E-state index in [1.807, 2.05) is 0 Å². The molecule has 0 amide bonds. The van der Waals surface area contributed by atoms with Crippen LogP contribution >= 0.6 is 0 Å². The van der Waals surface area contributed by atoms with Gasteiger partial charge in [0.05, 0.1) is 28.7 Å². The van der Waals surface area contributed by atoms with E-state index in [4.69, 9.17) is 4.74 Å². The molecule has 2 aromatic carbocycles. The number of hydrogen-bond acceptors (Lipinski definition) is 6. The molecule has 0 unspecified atom stereocenters. The van der Waals surface area contributed by atoms with Gasteiger partial charge in [-0.3, -0.25) is 10.1 Å². The van der Waals surface area contributed by atoms with Crippen LogP contribution in [0.4, 0.5) is 18.9 Å². The zero-order valence-electron chi connectivity index (χ0n) is 13.8. The molecule has 0 radical (unpaired) electrons. The third kappa shape index (κ3) is 5.03. The lowest BCUT2D eigenvalue weighted by atomic mass is 10.1. The Hall–Kier alpha value is -3.43. The Morgan fingerprint density at radius 1 is 1.04 bits per heavy atom. The Morgan fingerprint density at radius 2 is 1.59 bits per heavy atom. The van der Waals surface area contributed by atoms with Crippen molar-refractivity contribution in [3.8, 4) is 0 Å². The number of nitro groups is 1. The highest BCUT2D eigenvalue weighted by Gasteiger charge is 2.30. The number of alkyl halides is 3. The van der Waals surface area contributed by atoms with Gasteiger partial charge in [-0.05, 0) is 23.8 Å². The molecule has 0 aliphatic carbocycles. The normalized spacial score (nSPS) is 11.0. The Labute approximate surface area is 150 Å². The van der Waals surface area contributed by atoms with Crippen LogP contribution in [0.5, 0.6) is 0 Å². The monoisotopic (exact) mass is 383 g/mol. The summed E-state index contributed by atoms with van der Waals surface area (Å²) in [4.78, 5) is 33.8. The molecular weight excluding hydrogens is 371 g/mol. The third-order valence-corrected chi connectivity index (χ3v) is 3.44. The first-order valence-electron chi connectivity index (χ1n) is 7.33. The van der Waals surface area contributed by atoms with E-state index < -0.39 is 34.3 Å². The second kappa shape index (κ2) is 7.85. The van der Waals surface area contributed by atoms with Crippen LogP contribution in [0.1, 0.15) is 31.8 Å². The Kier molecular flexibility index (Phi) is 5.78. The molecular formula is C17H12F3NO6. The zero-order chi connectivity index (χ0) is 20.2. The molecule has 0 atom stereocenters. The van der Waals surface area contributed by atoms with Crippen LogP contribution in [0.25, 0.3) is 0 Å². The van der Waals surface area contributed by atoms with E-state index in [9.17, 15) is 32.9 Å². The van der Waals surface area contributed by atoms with Crippen molar-refractivity contribution < 1.29 is 37.2 Å². The van der Waals surface area contributed by atoms with E-state index in [0.29, 0.717) is 0 Å². The molecule has 0 aliphatic heterocycles. The highest BCUT2D eigenvalue weighted by atomic mass is 19.4. The van der Waals surface area contributed by atoms with Crippen molar-refractivity contribution in [3.05, 3.63) is 74.8 Å². The summed E-state index contributed by atoms with van der Waals surface area (Å²) < 4.78 is 47.0. The number of non-ortho nitro benzene ring substituents is 1. The highest BCUT2D eigenvalue weighted by molar-refractivity contribution is 5.96. The molecule has 2 rings (SSSR count). The smallest absolute Gasteiger partial charge is 0.416 e. The van der Waals surface area contributed by atoms with Crippen molar-refractivity contribution in [2.24, 2.45) is 0 Å². The summed E-state index contributed by atoms with van der Waals surface area (Å²) in [6, 6.07) is 6.89. The van der Waals surface area contributed by atoms with Crippen molar-refractivity contribution in [2.75, 3.05) is 7.11 Å². The molecule has 2 aromatic rings.